The lowest BCUT2D eigenvalue weighted by atomic mass is 10.4. The summed E-state index contributed by atoms with van der Waals surface area (Å²) in [5.74, 6) is 0. The van der Waals surface area contributed by atoms with E-state index in [9.17, 15) is 0 Å². The van der Waals surface area contributed by atoms with Gasteiger partial charge in [-0.3, -0.25) is 0 Å². The number of nitrogens with zero attached hydrogens (tertiary/aromatic N) is 2. The second-order valence-corrected chi connectivity index (χ2v) is 3.68. The highest BCUT2D eigenvalue weighted by molar-refractivity contribution is 6.30. The van der Waals surface area contributed by atoms with Gasteiger partial charge in [-0.25, -0.2) is 4.58 Å². The van der Waals surface area contributed by atoms with Crippen LogP contribution >= 0.6 is 11.6 Å². The zero-order valence-corrected chi connectivity index (χ0v) is 8.51. The standard InChI is InChI=1S/C9H16ClN2/c1-11(2)8-5-9(10)12-6-3-4-7-12/h5,8H,3-4,6-7H2,1-2H3/q+1. The normalized spacial score (nSPS) is 18.2. The molecule has 0 N–H and O–H groups in total. The molecule has 1 rings (SSSR count). The Balaban J connectivity index is 2.50. The largest absolute Gasteiger partial charge is 0.362 e. The molecule has 0 amide bonds. The Morgan fingerprint density at radius 3 is 2.42 bits per heavy atom. The Hall–Kier alpha value is -0.500. The van der Waals surface area contributed by atoms with Gasteiger partial charge >= 0.3 is 0 Å². The van der Waals surface area contributed by atoms with E-state index in [1.165, 1.54) is 12.8 Å². The van der Waals surface area contributed by atoms with E-state index in [-0.39, 0.29) is 0 Å². The van der Waals surface area contributed by atoms with Crippen molar-refractivity contribution in [1.82, 2.24) is 4.90 Å². The summed E-state index contributed by atoms with van der Waals surface area (Å²) in [7, 11) is 3.98. The highest BCUT2D eigenvalue weighted by Gasteiger charge is 2.12. The van der Waals surface area contributed by atoms with E-state index >= 15 is 0 Å². The van der Waals surface area contributed by atoms with Crippen LogP contribution in [0, 0.1) is 0 Å². The predicted molar refractivity (Wildman–Crippen MR) is 52.9 cm³/mol. The Kier molecular flexibility index (Phi) is 3.60. The molecule has 0 aromatic rings. The van der Waals surface area contributed by atoms with Gasteiger partial charge in [0, 0.05) is 19.2 Å². The van der Waals surface area contributed by atoms with E-state index in [1.54, 1.807) is 0 Å². The monoisotopic (exact) mass is 187 g/mol. The van der Waals surface area contributed by atoms with E-state index in [1.807, 2.05) is 31.0 Å². The van der Waals surface area contributed by atoms with Crippen LogP contribution in [-0.2, 0) is 0 Å². The van der Waals surface area contributed by atoms with Crippen molar-refractivity contribution >= 4 is 17.8 Å². The van der Waals surface area contributed by atoms with Gasteiger partial charge in [0.1, 0.15) is 19.3 Å². The van der Waals surface area contributed by atoms with Gasteiger partial charge in [-0.05, 0) is 12.8 Å². The third kappa shape index (κ3) is 2.86. The Morgan fingerprint density at radius 2 is 1.92 bits per heavy atom. The fourth-order valence-electron chi connectivity index (χ4n) is 1.25. The van der Waals surface area contributed by atoms with Gasteiger partial charge in [0.2, 0.25) is 0 Å². The summed E-state index contributed by atoms with van der Waals surface area (Å²) in [6.45, 7) is 2.22. The van der Waals surface area contributed by atoms with Crippen LogP contribution in [0.2, 0.25) is 0 Å². The third-order valence-corrected chi connectivity index (χ3v) is 2.28. The first-order valence-electron chi connectivity index (χ1n) is 4.32. The first-order chi connectivity index (χ1) is 5.70. The van der Waals surface area contributed by atoms with Crippen molar-refractivity contribution in [1.29, 1.82) is 0 Å². The van der Waals surface area contributed by atoms with Crippen molar-refractivity contribution in [3.63, 3.8) is 0 Å². The van der Waals surface area contributed by atoms with Crippen LogP contribution < -0.4 is 0 Å². The maximum absolute atomic E-state index is 6.06. The molecule has 68 valence electrons. The molecule has 1 saturated heterocycles. The number of likely N-dealkylation sites (tertiary alicyclic amines) is 1. The van der Waals surface area contributed by atoms with E-state index in [4.69, 9.17) is 11.6 Å². The molecule has 1 fully saturated rings. The van der Waals surface area contributed by atoms with Gasteiger partial charge in [0.25, 0.3) is 0 Å². The molecule has 0 spiro atoms. The van der Waals surface area contributed by atoms with Crippen LogP contribution in [-0.4, -0.2) is 42.9 Å². The second-order valence-electron chi connectivity index (χ2n) is 3.30. The molecule has 0 aromatic heterocycles. The van der Waals surface area contributed by atoms with Crippen LogP contribution in [0.25, 0.3) is 0 Å². The van der Waals surface area contributed by atoms with E-state index < -0.39 is 0 Å². The Bertz CT molecular complexity index is 199. The first-order valence-corrected chi connectivity index (χ1v) is 4.70. The molecule has 1 aliphatic heterocycles. The minimum absolute atomic E-state index is 0.862. The lowest BCUT2D eigenvalue weighted by Crippen LogP contribution is -2.15. The van der Waals surface area contributed by atoms with Crippen LogP contribution in [0.15, 0.2) is 11.2 Å². The molecule has 0 unspecified atom stereocenters. The van der Waals surface area contributed by atoms with Gasteiger partial charge in [0.05, 0.1) is 0 Å². The number of halogens is 1. The van der Waals surface area contributed by atoms with Gasteiger partial charge in [0.15, 0.2) is 6.21 Å². The van der Waals surface area contributed by atoms with Crippen molar-refractivity contribution < 1.29 is 4.58 Å². The quantitative estimate of drug-likeness (QED) is 0.361. The topological polar surface area (TPSA) is 6.25 Å². The molecule has 0 radical (unpaired) electrons. The van der Waals surface area contributed by atoms with Gasteiger partial charge < -0.3 is 4.90 Å². The average Bonchev–Trinajstić information content (AvgIpc) is 2.51. The zero-order valence-electron chi connectivity index (χ0n) is 7.76. The maximum atomic E-state index is 6.06. The van der Waals surface area contributed by atoms with Crippen molar-refractivity contribution in [2.24, 2.45) is 0 Å². The van der Waals surface area contributed by atoms with E-state index in [0.29, 0.717) is 0 Å². The smallest absolute Gasteiger partial charge is 0.165 e. The molecule has 2 nitrogen and oxygen atoms in total. The molecular formula is C9H16ClN2+. The lowest BCUT2D eigenvalue weighted by molar-refractivity contribution is -0.458. The SMILES string of the molecule is C[N+](C)=C/C=C(\Cl)N1CCCC1. The molecule has 1 heterocycles. The second kappa shape index (κ2) is 4.51. The number of hydrogen-bond donors (Lipinski definition) is 0. The molecule has 3 heteroatoms. The first kappa shape index (κ1) is 9.59. The molecule has 0 atom stereocenters. The summed E-state index contributed by atoms with van der Waals surface area (Å²) in [6.07, 6.45) is 6.46. The Labute approximate surface area is 79.1 Å². The summed E-state index contributed by atoms with van der Waals surface area (Å²) in [4.78, 5) is 2.21. The number of allylic oxidation sites excluding steroid dienone is 1. The van der Waals surface area contributed by atoms with Gasteiger partial charge in [-0.1, -0.05) is 11.6 Å². The van der Waals surface area contributed by atoms with Crippen LogP contribution in [0.1, 0.15) is 12.8 Å². The van der Waals surface area contributed by atoms with Crippen molar-refractivity contribution in [2.75, 3.05) is 27.2 Å². The summed E-state index contributed by atoms with van der Waals surface area (Å²) in [5.41, 5.74) is 0. The summed E-state index contributed by atoms with van der Waals surface area (Å²) >= 11 is 6.06. The van der Waals surface area contributed by atoms with E-state index in [2.05, 4.69) is 4.90 Å². The highest BCUT2D eigenvalue weighted by Crippen LogP contribution is 2.16. The molecule has 0 aliphatic carbocycles. The summed E-state index contributed by atoms with van der Waals surface area (Å²) in [6, 6.07) is 0. The fourth-order valence-corrected chi connectivity index (χ4v) is 1.47. The highest BCUT2D eigenvalue weighted by atomic mass is 35.5. The lowest BCUT2D eigenvalue weighted by Gasteiger charge is -2.14. The Morgan fingerprint density at radius 1 is 1.33 bits per heavy atom. The molecule has 12 heavy (non-hydrogen) atoms. The molecule has 1 aliphatic rings. The minimum atomic E-state index is 0.862. The van der Waals surface area contributed by atoms with Crippen LogP contribution in [0.5, 0.6) is 0 Å². The number of rotatable bonds is 2. The van der Waals surface area contributed by atoms with E-state index in [0.717, 1.165) is 18.2 Å². The molecular weight excluding hydrogens is 172 g/mol. The molecule has 0 bridgehead atoms. The third-order valence-electron chi connectivity index (χ3n) is 1.92. The van der Waals surface area contributed by atoms with Crippen molar-refractivity contribution in [3.05, 3.63) is 11.2 Å². The molecule has 0 aromatic carbocycles. The zero-order chi connectivity index (χ0) is 8.97. The predicted octanol–water partition coefficient (Wildman–Crippen LogP) is 1.51. The minimum Gasteiger partial charge on any atom is -0.362 e. The molecule has 0 saturated carbocycles. The van der Waals surface area contributed by atoms with Gasteiger partial charge in [-0.15, -0.1) is 0 Å². The van der Waals surface area contributed by atoms with Crippen LogP contribution in [0.4, 0.5) is 0 Å². The fraction of sp³-hybridized carbons (Fsp3) is 0.667. The van der Waals surface area contributed by atoms with Crippen LogP contribution in [0.3, 0.4) is 0 Å². The number of hydrogen-bond acceptors (Lipinski definition) is 1. The van der Waals surface area contributed by atoms with Crippen molar-refractivity contribution in [2.45, 2.75) is 12.8 Å². The van der Waals surface area contributed by atoms with Gasteiger partial charge in [-0.2, -0.15) is 0 Å². The maximum Gasteiger partial charge on any atom is 0.165 e. The summed E-state index contributed by atoms with van der Waals surface area (Å²) in [5, 5.41) is 0.862. The van der Waals surface area contributed by atoms with Crippen molar-refractivity contribution in [3.8, 4) is 0 Å². The summed E-state index contributed by atoms with van der Waals surface area (Å²) < 4.78 is 1.98. The average molecular weight is 188 g/mol.